The lowest BCUT2D eigenvalue weighted by molar-refractivity contribution is -0.121. The van der Waals surface area contributed by atoms with Gasteiger partial charge in [-0.05, 0) is 38.3 Å². The number of nitrogens with one attached hydrogen (secondary N) is 1. The van der Waals surface area contributed by atoms with Crippen molar-refractivity contribution < 1.29 is 9.90 Å². The molecule has 2 aliphatic heterocycles. The first-order valence-electron chi connectivity index (χ1n) is 7.52. The standard InChI is InChI=1S/C16H22N2O2/c19-15-6-2-1-4-12(15)10-16(20)17-13-7-9-18-8-3-5-14(18)11-13/h1-2,4,6,13-14,19H,3,5,7-11H2,(H,17,20). The van der Waals surface area contributed by atoms with Crippen LogP contribution < -0.4 is 5.32 Å². The van der Waals surface area contributed by atoms with Crippen LogP contribution in [0.1, 0.15) is 31.2 Å². The minimum atomic E-state index is 0.0166. The summed E-state index contributed by atoms with van der Waals surface area (Å²) in [6.07, 6.45) is 4.95. The molecule has 0 saturated carbocycles. The number of phenols is 1. The Labute approximate surface area is 119 Å². The summed E-state index contributed by atoms with van der Waals surface area (Å²) in [5, 5.41) is 12.8. The Kier molecular flexibility index (Phi) is 3.92. The van der Waals surface area contributed by atoms with Crippen molar-refractivity contribution in [2.24, 2.45) is 0 Å². The quantitative estimate of drug-likeness (QED) is 0.881. The van der Waals surface area contributed by atoms with Crippen LogP contribution in [0.5, 0.6) is 5.75 Å². The van der Waals surface area contributed by atoms with Gasteiger partial charge in [-0.3, -0.25) is 4.79 Å². The first-order valence-corrected chi connectivity index (χ1v) is 7.52. The van der Waals surface area contributed by atoms with Gasteiger partial charge in [0.05, 0.1) is 6.42 Å². The molecule has 20 heavy (non-hydrogen) atoms. The van der Waals surface area contributed by atoms with Gasteiger partial charge in [0.15, 0.2) is 0 Å². The summed E-state index contributed by atoms with van der Waals surface area (Å²) in [7, 11) is 0. The van der Waals surface area contributed by atoms with Gasteiger partial charge in [-0.25, -0.2) is 0 Å². The van der Waals surface area contributed by atoms with E-state index in [2.05, 4.69) is 10.2 Å². The van der Waals surface area contributed by atoms with E-state index < -0.39 is 0 Å². The SMILES string of the molecule is O=C(Cc1ccccc1O)NC1CCN2CCCC2C1. The summed E-state index contributed by atoms with van der Waals surface area (Å²) in [5.41, 5.74) is 0.698. The minimum absolute atomic E-state index is 0.0166. The molecule has 2 heterocycles. The third-order valence-corrected chi connectivity index (χ3v) is 4.53. The summed E-state index contributed by atoms with van der Waals surface area (Å²) >= 11 is 0. The van der Waals surface area contributed by atoms with E-state index in [0.717, 1.165) is 19.4 Å². The van der Waals surface area contributed by atoms with E-state index in [1.807, 2.05) is 6.07 Å². The Hall–Kier alpha value is -1.55. The topological polar surface area (TPSA) is 52.6 Å². The van der Waals surface area contributed by atoms with Crippen LogP contribution in [0.15, 0.2) is 24.3 Å². The number of aromatic hydroxyl groups is 1. The summed E-state index contributed by atoms with van der Waals surface area (Å²) in [4.78, 5) is 14.6. The first kappa shape index (κ1) is 13.4. The third kappa shape index (κ3) is 2.96. The minimum Gasteiger partial charge on any atom is -0.508 e. The molecule has 0 bridgehead atoms. The van der Waals surface area contributed by atoms with E-state index in [9.17, 15) is 9.90 Å². The van der Waals surface area contributed by atoms with E-state index in [0.29, 0.717) is 17.6 Å². The molecule has 1 amide bonds. The van der Waals surface area contributed by atoms with Gasteiger partial charge in [-0.1, -0.05) is 18.2 Å². The molecule has 4 heteroatoms. The van der Waals surface area contributed by atoms with E-state index >= 15 is 0 Å². The number of benzene rings is 1. The maximum Gasteiger partial charge on any atom is 0.224 e. The highest BCUT2D eigenvalue weighted by molar-refractivity contribution is 5.79. The summed E-state index contributed by atoms with van der Waals surface area (Å²) in [5.74, 6) is 0.219. The number of phenolic OH excluding ortho intramolecular Hbond substituents is 1. The molecule has 0 radical (unpaired) electrons. The molecule has 1 aromatic rings. The Morgan fingerprint density at radius 3 is 3.00 bits per heavy atom. The predicted octanol–water partition coefficient (Wildman–Crippen LogP) is 1.68. The number of hydrogen-bond acceptors (Lipinski definition) is 3. The molecule has 2 saturated heterocycles. The van der Waals surface area contributed by atoms with Crippen molar-refractivity contribution in [1.29, 1.82) is 0 Å². The second kappa shape index (κ2) is 5.83. The first-order chi connectivity index (χ1) is 9.72. The molecule has 0 aliphatic carbocycles. The Morgan fingerprint density at radius 2 is 2.15 bits per heavy atom. The van der Waals surface area contributed by atoms with Crippen molar-refractivity contribution >= 4 is 5.91 Å². The molecule has 2 N–H and O–H groups in total. The van der Waals surface area contributed by atoms with Gasteiger partial charge in [-0.15, -0.1) is 0 Å². The number of carbonyl (C=O) groups is 1. The zero-order valence-corrected chi connectivity index (χ0v) is 11.7. The smallest absolute Gasteiger partial charge is 0.224 e. The number of nitrogens with zero attached hydrogens (tertiary/aromatic N) is 1. The van der Waals surface area contributed by atoms with Gasteiger partial charge >= 0.3 is 0 Å². The molecule has 3 rings (SSSR count). The Morgan fingerprint density at radius 1 is 1.30 bits per heavy atom. The number of carbonyl (C=O) groups excluding carboxylic acids is 1. The second-order valence-electron chi connectivity index (χ2n) is 5.93. The van der Waals surface area contributed by atoms with Crippen molar-refractivity contribution in [2.45, 2.75) is 44.2 Å². The van der Waals surface area contributed by atoms with Gasteiger partial charge in [0.25, 0.3) is 0 Å². The van der Waals surface area contributed by atoms with Crippen molar-refractivity contribution in [2.75, 3.05) is 13.1 Å². The number of rotatable bonds is 3. The monoisotopic (exact) mass is 274 g/mol. The zero-order chi connectivity index (χ0) is 13.9. The summed E-state index contributed by atoms with van der Waals surface area (Å²) in [6, 6.07) is 8.01. The lowest BCUT2D eigenvalue weighted by atomic mass is 9.97. The van der Waals surface area contributed by atoms with E-state index in [4.69, 9.17) is 0 Å². The number of piperidine rings is 1. The number of hydrogen-bond donors (Lipinski definition) is 2. The fourth-order valence-corrected chi connectivity index (χ4v) is 3.47. The van der Waals surface area contributed by atoms with E-state index in [1.165, 1.54) is 19.4 Å². The van der Waals surface area contributed by atoms with Crippen LogP contribution in [0.25, 0.3) is 0 Å². The van der Waals surface area contributed by atoms with Gasteiger partial charge in [0.2, 0.25) is 5.91 Å². The average molecular weight is 274 g/mol. The van der Waals surface area contributed by atoms with Crippen LogP contribution in [-0.2, 0) is 11.2 Å². The van der Waals surface area contributed by atoms with Crippen molar-refractivity contribution in [3.63, 3.8) is 0 Å². The zero-order valence-electron chi connectivity index (χ0n) is 11.7. The molecule has 2 aliphatic rings. The van der Waals surface area contributed by atoms with Crippen molar-refractivity contribution in [3.8, 4) is 5.75 Å². The highest BCUT2D eigenvalue weighted by Crippen LogP contribution is 2.27. The third-order valence-electron chi connectivity index (χ3n) is 4.53. The largest absolute Gasteiger partial charge is 0.508 e. The number of fused-ring (bicyclic) bond motifs is 1. The Balaban J connectivity index is 1.53. The maximum absolute atomic E-state index is 12.1. The molecule has 1 aromatic carbocycles. The van der Waals surface area contributed by atoms with E-state index in [-0.39, 0.29) is 18.1 Å². The molecule has 4 nitrogen and oxygen atoms in total. The van der Waals surface area contributed by atoms with Gasteiger partial charge < -0.3 is 15.3 Å². The van der Waals surface area contributed by atoms with Crippen LogP contribution >= 0.6 is 0 Å². The molecule has 2 unspecified atom stereocenters. The summed E-state index contributed by atoms with van der Waals surface area (Å²) < 4.78 is 0. The van der Waals surface area contributed by atoms with Crippen molar-refractivity contribution in [1.82, 2.24) is 10.2 Å². The maximum atomic E-state index is 12.1. The van der Waals surface area contributed by atoms with Crippen LogP contribution in [-0.4, -0.2) is 41.1 Å². The molecular weight excluding hydrogens is 252 g/mol. The van der Waals surface area contributed by atoms with Crippen LogP contribution in [0, 0.1) is 0 Å². The van der Waals surface area contributed by atoms with Crippen LogP contribution in [0.4, 0.5) is 0 Å². The number of amides is 1. The van der Waals surface area contributed by atoms with Gasteiger partial charge in [0.1, 0.15) is 5.75 Å². The fourth-order valence-electron chi connectivity index (χ4n) is 3.47. The molecule has 0 spiro atoms. The fraction of sp³-hybridized carbons (Fsp3) is 0.562. The lowest BCUT2D eigenvalue weighted by Gasteiger charge is -2.35. The van der Waals surface area contributed by atoms with E-state index in [1.54, 1.807) is 18.2 Å². The molecule has 2 fully saturated rings. The highest BCUT2D eigenvalue weighted by Gasteiger charge is 2.32. The van der Waals surface area contributed by atoms with Gasteiger partial charge in [-0.2, -0.15) is 0 Å². The van der Waals surface area contributed by atoms with Crippen LogP contribution in [0.2, 0.25) is 0 Å². The normalized spacial score (nSPS) is 26.2. The molecular formula is C16H22N2O2. The highest BCUT2D eigenvalue weighted by atomic mass is 16.3. The van der Waals surface area contributed by atoms with Crippen LogP contribution in [0.3, 0.4) is 0 Å². The Bertz CT molecular complexity index is 489. The predicted molar refractivity (Wildman–Crippen MR) is 77.6 cm³/mol. The van der Waals surface area contributed by atoms with Gasteiger partial charge in [0, 0.05) is 24.2 Å². The second-order valence-corrected chi connectivity index (χ2v) is 5.93. The molecule has 108 valence electrons. The van der Waals surface area contributed by atoms with Crippen molar-refractivity contribution in [3.05, 3.63) is 29.8 Å². The molecule has 0 aromatic heterocycles. The molecule has 2 atom stereocenters. The summed E-state index contributed by atoms with van der Waals surface area (Å²) in [6.45, 7) is 2.33. The number of para-hydroxylation sites is 1. The lowest BCUT2D eigenvalue weighted by Crippen LogP contribution is -2.47. The average Bonchev–Trinajstić information content (AvgIpc) is 2.89.